The molecule has 1 heterocycles. The van der Waals surface area contributed by atoms with Crippen LogP contribution in [0.4, 0.5) is 4.39 Å². The molecule has 0 amide bonds. The van der Waals surface area contributed by atoms with Crippen molar-refractivity contribution in [1.82, 2.24) is 4.90 Å². The molecular weight excluding hydrogens is 257 g/mol. The highest BCUT2D eigenvalue weighted by Gasteiger charge is 2.26. The average Bonchev–Trinajstić information content (AvgIpc) is 2.43. The number of nitrogens with zero attached hydrogens (tertiary/aromatic N) is 1. The second-order valence-electron chi connectivity index (χ2n) is 5.40. The Bertz CT molecular complexity index is 476. The van der Waals surface area contributed by atoms with E-state index in [-0.39, 0.29) is 17.7 Å². The van der Waals surface area contributed by atoms with Crippen LogP contribution in [0.3, 0.4) is 0 Å². The molecule has 0 bridgehead atoms. The molecule has 0 N–H and O–H groups in total. The van der Waals surface area contributed by atoms with Gasteiger partial charge in [-0.1, -0.05) is 6.07 Å². The number of esters is 1. The first-order valence-corrected chi connectivity index (χ1v) is 7.24. The summed E-state index contributed by atoms with van der Waals surface area (Å²) in [4.78, 5) is 14.0. The molecule has 0 aromatic heterocycles. The van der Waals surface area contributed by atoms with E-state index in [0.29, 0.717) is 19.7 Å². The van der Waals surface area contributed by atoms with Gasteiger partial charge in [0, 0.05) is 13.1 Å². The number of aryl methyl sites for hydroxylation is 1. The maximum absolute atomic E-state index is 13.3. The van der Waals surface area contributed by atoms with Crippen LogP contribution in [0.1, 0.15) is 30.9 Å². The molecule has 0 radical (unpaired) electrons. The number of piperidine rings is 1. The Morgan fingerprint density at radius 1 is 1.50 bits per heavy atom. The Morgan fingerprint density at radius 3 is 3.05 bits per heavy atom. The fraction of sp³-hybridized carbons (Fsp3) is 0.562. The fourth-order valence-electron chi connectivity index (χ4n) is 2.70. The van der Waals surface area contributed by atoms with Gasteiger partial charge in [0.2, 0.25) is 0 Å². The molecule has 20 heavy (non-hydrogen) atoms. The highest BCUT2D eigenvalue weighted by Crippen LogP contribution is 2.21. The SMILES string of the molecule is CCOC(=O)C1CCCN(Cc2cc(F)ccc2C)C1. The summed E-state index contributed by atoms with van der Waals surface area (Å²) in [6, 6.07) is 4.87. The average molecular weight is 279 g/mol. The molecule has 1 fully saturated rings. The number of hydrogen-bond acceptors (Lipinski definition) is 3. The summed E-state index contributed by atoms with van der Waals surface area (Å²) >= 11 is 0. The molecule has 4 heteroatoms. The lowest BCUT2D eigenvalue weighted by Crippen LogP contribution is -2.39. The Kier molecular flexibility index (Phi) is 5.12. The highest BCUT2D eigenvalue weighted by molar-refractivity contribution is 5.72. The summed E-state index contributed by atoms with van der Waals surface area (Å²) in [7, 11) is 0. The maximum atomic E-state index is 13.3. The molecule has 1 aromatic rings. The summed E-state index contributed by atoms with van der Waals surface area (Å²) < 4.78 is 18.4. The molecule has 2 rings (SSSR count). The summed E-state index contributed by atoms with van der Waals surface area (Å²) in [5.41, 5.74) is 2.08. The van der Waals surface area contributed by atoms with Gasteiger partial charge in [0.15, 0.2) is 0 Å². The van der Waals surface area contributed by atoms with Crippen molar-refractivity contribution >= 4 is 5.97 Å². The van der Waals surface area contributed by atoms with Crippen molar-refractivity contribution in [1.29, 1.82) is 0 Å². The van der Waals surface area contributed by atoms with Crippen LogP contribution in [-0.4, -0.2) is 30.6 Å². The molecule has 0 spiro atoms. The minimum Gasteiger partial charge on any atom is -0.466 e. The quantitative estimate of drug-likeness (QED) is 0.794. The Morgan fingerprint density at radius 2 is 2.30 bits per heavy atom. The molecule has 1 saturated heterocycles. The van der Waals surface area contributed by atoms with E-state index in [1.807, 2.05) is 13.8 Å². The number of rotatable bonds is 4. The normalized spacial score (nSPS) is 19.9. The molecule has 3 nitrogen and oxygen atoms in total. The lowest BCUT2D eigenvalue weighted by Gasteiger charge is -2.31. The standard InChI is InChI=1S/C16H22FNO2/c1-3-20-16(19)13-5-4-8-18(10-13)11-14-9-15(17)7-6-12(14)2/h6-7,9,13H,3-5,8,10-11H2,1-2H3. The van der Waals surface area contributed by atoms with Crippen LogP contribution in [0.2, 0.25) is 0 Å². The molecule has 1 aromatic carbocycles. The molecule has 0 saturated carbocycles. The number of benzene rings is 1. The van der Waals surface area contributed by atoms with E-state index in [2.05, 4.69) is 4.90 Å². The molecule has 1 aliphatic heterocycles. The second kappa shape index (κ2) is 6.84. The molecule has 110 valence electrons. The van der Waals surface area contributed by atoms with Gasteiger partial charge in [-0.3, -0.25) is 9.69 Å². The molecule has 0 aliphatic carbocycles. The predicted molar refractivity (Wildman–Crippen MR) is 75.8 cm³/mol. The largest absolute Gasteiger partial charge is 0.466 e. The lowest BCUT2D eigenvalue weighted by molar-refractivity contribution is -0.150. The summed E-state index contributed by atoms with van der Waals surface area (Å²) in [6.45, 7) is 6.59. The van der Waals surface area contributed by atoms with Crippen molar-refractivity contribution in [2.45, 2.75) is 33.2 Å². The minimum absolute atomic E-state index is 0.0439. The number of likely N-dealkylation sites (tertiary alicyclic amines) is 1. The van der Waals surface area contributed by atoms with Crippen LogP contribution in [0, 0.1) is 18.7 Å². The van der Waals surface area contributed by atoms with Crippen LogP contribution in [0.15, 0.2) is 18.2 Å². The van der Waals surface area contributed by atoms with Gasteiger partial charge in [0.05, 0.1) is 12.5 Å². The number of carbonyl (C=O) groups excluding carboxylic acids is 1. The Balaban J connectivity index is 1.99. The van der Waals surface area contributed by atoms with Gasteiger partial charge in [0.1, 0.15) is 5.82 Å². The van der Waals surface area contributed by atoms with E-state index in [1.165, 1.54) is 6.07 Å². The third kappa shape index (κ3) is 3.79. The van der Waals surface area contributed by atoms with Crippen LogP contribution < -0.4 is 0 Å². The zero-order valence-electron chi connectivity index (χ0n) is 12.2. The van der Waals surface area contributed by atoms with E-state index in [0.717, 1.165) is 30.5 Å². The number of halogens is 1. The van der Waals surface area contributed by atoms with Crippen LogP contribution in [-0.2, 0) is 16.1 Å². The fourth-order valence-corrected chi connectivity index (χ4v) is 2.70. The van der Waals surface area contributed by atoms with Crippen molar-refractivity contribution in [2.75, 3.05) is 19.7 Å². The predicted octanol–water partition coefficient (Wildman–Crippen LogP) is 2.91. The van der Waals surface area contributed by atoms with Crippen LogP contribution in [0.5, 0.6) is 0 Å². The summed E-state index contributed by atoms with van der Waals surface area (Å²) in [6.07, 6.45) is 1.87. The zero-order chi connectivity index (χ0) is 14.5. The zero-order valence-corrected chi connectivity index (χ0v) is 12.2. The summed E-state index contributed by atoms with van der Waals surface area (Å²) in [5, 5.41) is 0. The second-order valence-corrected chi connectivity index (χ2v) is 5.40. The van der Waals surface area contributed by atoms with Crippen molar-refractivity contribution in [3.63, 3.8) is 0 Å². The van der Waals surface area contributed by atoms with Crippen LogP contribution >= 0.6 is 0 Å². The molecular formula is C16H22FNO2. The molecule has 1 unspecified atom stereocenters. The van der Waals surface area contributed by atoms with Gasteiger partial charge in [-0.25, -0.2) is 4.39 Å². The first-order valence-electron chi connectivity index (χ1n) is 7.24. The van der Waals surface area contributed by atoms with E-state index >= 15 is 0 Å². The summed E-state index contributed by atoms with van der Waals surface area (Å²) in [5.74, 6) is -0.352. The number of hydrogen-bond donors (Lipinski definition) is 0. The van der Waals surface area contributed by atoms with Crippen molar-refractivity contribution in [2.24, 2.45) is 5.92 Å². The van der Waals surface area contributed by atoms with Gasteiger partial charge >= 0.3 is 5.97 Å². The van der Waals surface area contributed by atoms with Gasteiger partial charge in [-0.2, -0.15) is 0 Å². The van der Waals surface area contributed by atoms with Gasteiger partial charge in [-0.15, -0.1) is 0 Å². The van der Waals surface area contributed by atoms with Gasteiger partial charge < -0.3 is 4.74 Å². The first-order chi connectivity index (χ1) is 9.60. The van der Waals surface area contributed by atoms with Crippen LogP contribution in [0.25, 0.3) is 0 Å². The Hall–Kier alpha value is -1.42. The minimum atomic E-state index is -0.204. The number of ether oxygens (including phenoxy) is 1. The highest BCUT2D eigenvalue weighted by atomic mass is 19.1. The third-order valence-electron chi connectivity index (χ3n) is 3.83. The van der Waals surface area contributed by atoms with Gasteiger partial charge in [-0.05, 0) is 56.5 Å². The Labute approximate surface area is 119 Å². The molecule has 1 atom stereocenters. The smallest absolute Gasteiger partial charge is 0.310 e. The first kappa shape index (κ1) is 15.0. The van der Waals surface area contributed by atoms with E-state index in [1.54, 1.807) is 12.1 Å². The maximum Gasteiger partial charge on any atom is 0.310 e. The lowest BCUT2D eigenvalue weighted by atomic mass is 9.97. The topological polar surface area (TPSA) is 29.5 Å². The third-order valence-corrected chi connectivity index (χ3v) is 3.83. The van der Waals surface area contributed by atoms with E-state index in [4.69, 9.17) is 4.74 Å². The van der Waals surface area contributed by atoms with Gasteiger partial charge in [0.25, 0.3) is 0 Å². The van der Waals surface area contributed by atoms with E-state index in [9.17, 15) is 9.18 Å². The van der Waals surface area contributed by atoms with Crippen molar-refractivity contribution in [3.05, 3.63) is 35.1 Å². The monoisotopic (exact) mass is 279 g/mol. The van der Waals surface area contributed by atoms with Crippen molar-refractivity contribution in [3.8, 4) is 0 Å². The van der Waals surface area contributed by atoms with E-state index < -0.39 is 0 Å². The number of carbonyl (C=O) groups is 1. The van der Waals surface area contributed by atoms with Crippen molar-refractivity contribution < 1.29 is 13.9 Å². The molecule has 1 aliphatic rings.